The molecule has 58 heavy (non-hydrogen) atoms. The molecule has 12 nitrogen and oxygen atoms in total. The summed E-state index contributed by atoms with van der Waals surface area (Å²) < 4.78 is 33.3. The van der Waals surface area contributed by atoms with Crippen LogP contribution < -0.4 is 9.47 Å². The van der Waals surface area contributed by atoms with Gasteiger partial charge in [0.2, 0.25) is 0 Å². The zero-order valence-electron chi connectivity index (χ0n) is 32.7. The summed E-state index contributed by atoms with van der Waals surface area (Å²) >= 11 is 0. The number of esters is 4. The van der Waals surface area contributed by atoms with Crippen LogP contribution in [0, 0.1) is 0 Å². The molecule has 2 heterocycles. The number of hydrogen-bond donors (Lipinski definition) is 0. The highest BCUT2D eigenvalue weighted by molar-refractivity contribution is 5.91. The largest absolute Gasteiger partial charge is 0.492 e. The van der Waals surface area contributed by atoms with Crippen molar-refractivity contribution in [2.45, 2.75) is 76.4 Å². The molecule has 4 aromatic rings. The van der Waals surface area contributed by atoms with Crippen LogP contribution in [0.15, 0.2) is 111 Å². The number of carbonyl (C=O) groups excluding carboxylic acids is 4. The first-order valence-electron chi connectivity index (χ1n) is 19.7. The van der Waals surface area contributed by atoms with E-state index in [1.54, 1.807) is 36.7 Å². The third kappa shape index (κ3) is 13.7. The summed E-state index contributed by atoms with van der Waals surface area (Å²) in [6, 6.07) is 21.5. The highest BCUT2D eigenvalue weighted by atomic mass is 16.6. The van der Waals surface area contributed by atoms with Crippen molar-refractivity contribution in [3.05, 3.63) is 122 Å². The normalized spacial score (nSPS) is 14.7. The van der Waals surface area contributed by atoms with Crippen molar-refractivity contribution in [3.63, 3.8) is 0 Å². The van der Waals surface area contributed by atoms with Crippen molar-refractivity contribution in [2.24, 2.45) is 0 Å². The van der Waals surface area contributed by atoms with E-state index in [0.717, 1.165) is 86.0 Å². The van der Waals surface area contributed by atoms with E-state index < -0.39 is 36.1 Å². The van der Waals surface area contributed by atoms with Crippen LogP contribution in [0.25, 0.3) is 22.5 Å². The van der Waals surface area contributed by atoms with E-state index in [2.05, 4.69) is 23.1 Å². The predicted octanol–water partition coefficient (Wildman–Crippen LogP) is 8.69. The van der Waals surface area contributed by atoms with Crippen LogP contribution in [0.3, 0.4) is 0 Å². The minimum atomic E-state index is -0.555. The third-order valence-corrected chi connectivity index (χ3v) is 9.40. The Morgan fingerprint density at radius 3 is 1.29 bits per heavy atom. The summed E-state index contributed by atoms with van der Waals surface area (Å²) in [7, 11) is 0. The van der Waals surface area contributed by atoms with E-state index in [0.29, 0.717) is 61.9 Å². The minimum absolute atomic E-state index is 0.364. The lowest BCUT2D eigenvalue weighted by Crippen LogP contribution is -2.37. The first-order valence-corrected chi connectivity index (χ1v) is 19.7. The smallest absolute Gasteiger partial charge is 0.338 e. The van der Waals surface area contributed by atoms with Crippen molar-refractivity contribution < 1.29 is 47.6 Å². The van der Waals surface area contributed by atoms with Gasteiger partial charge in [0.05, 0.1) is 61.3 Å². The summed E-state index contributed by atoms with van der Waals surface area (Å²) in [5.41, 5.74) is 3.91. The van der Waals surface area contributed by atoms with E-state index in [-0.39, 0.29) is 0 Å². The molecule has 2 aromatic heterocycles. The maximum absolute atomic E-state index is 13.2. The summed E-state index contributed by atoms with van der Waals surface area (Å²) in [6.45, 7) is 8.52. The second-order valence-corrected chi connectivity index (χ2v) is 13.6. The number of pyridine rings is 2. The molecule has 12 heteroatoms. The highest BCUT2D eigenvalue weighted by Crippen LogP contribution is 2.28. The maximum atomic E-state index is 13.2. The number of rotatable bonds is 22. The number of benzene rings is 2. The average Bonchev–Trinajstić information content (AvgIpc) is 3.26. The molecule has 0 unspecified atom stereocenters. The van der Waals surface area contributed by atoms with Gasteiger partial charge < -0.3 is 28.4 Å². The third-order valence-electron chi connectivity index (χ3n) is 9.40. The lowest BCUT2D eigenvalue weighted by Gasteiger charge is -2.30. The summed E-state index contributed by atoms with van der Waals surface area (Å²) in [4.78, 5) is 57.6. The van der Waals surface area contributed by atoms with Gasteiger partial charge in [-0.3, -0.25) is 9.97 Å². The Hall–Kier alpha value is -6.30. The molecule has 0 spiro atoms. The zero-order chi connectivity index (χ0) is 41.0. The molecule has 2 aromatic carbocycles. The highest BCUT2D eigenvalue weighted by Gasteiger charge is 2.32. The van der Waals surface area contributed by atoms with Gasteiger partial charge in [-0.15, -0.1) is 0 Å². The SMILES string of the molecule is C=CC(=O)OCCCCCOc1ccc(-c2ccc(C(=O)O[C@@H]3CCCC[C@H]3OC(=O)c3ccc(-c4ccc(OCCCCCOC(=O)C=C)cn4)cc3)cc2)nc1. The van der Waals surface area contributed by atoms with Crippen molar-refractivity contribution >= 4 is 23.9 Å². The monoisotopic (exact) mass is 790 g/mol. The Morgan fingerprint density at radius 1 is 0.534 bits per heavy atom. The standard InChI is InChI=1S/C46H50N2O10/c1-3-43(49)55-29-11-5-9-27-53-37-23-25-39(47-31-37)33-15-19-35(20-16-33)45(51)57-41-13-7-8-14-42(41)58-46(52)36-21-17-34(18-22-36)40-26-24-38(32-48-40)54-28-10-6-12-30-56-44(50)4-2/h3-4,15-26,31-32,41-42H,1-2,5-14,27-30H2/t41-,42-/m1/s1. The Kier molecular flexibility index (Phi) is 17.0. The van der Waals surface area contributed by atoms with E-state index in [9.17, 15) is 19.2 Å². The lowest BCUT2D eigenvalue weighted by molar-refractivity contribution is -0.138. The molecule has 0 bridgehead atoms. The summed E-state index contributed by atoms with van der Waals surface area (Å²) in [5, 5.41) is 0. The molecular weight excluding hydrogens is 741 g/mol. The fourth-order valence-electron chi connectivity index (χ4n) is 6.18. The fraction of sp³-hybridized carbons (Fsp3) is 0.348. The molecule has 0 aliphatic heterocycles. The molecular formula is C46H50N2O10. The molecule has 2 atom stereocenters. The van der Waals surface area contributed by atoms with Crippen molar-refractivity contribution in [2.75, 3.05) is 26.4 Å². The molecule has 1 saturated carbocycles. The summed E-state index contributed by atoms with van der Waals surface area (Å²) in [6.07, 6.45) is 12.3. The van der Waals surface area contributed by atoms with Gasteiger partial charge in [0.25, 0.3) is 0 Å². The number of unbranched alkanes of at least 4 members (excludes halogenated alkanes) is 4. The second kappa shape index (κ2) is 23.1. The van der Waals surface area contributed by atoms with Gasteiger partial charge >= 0.3 is 23.9 Å². The first kappa shape index (κ1) is 42.8. The van der Waals surface area contributed by atoms with E-state index >= 15 is 0 Å². The van der Waals surface area contributed by atoms with Crippen molar-refractivity contribution in [1.29, 1.82) is 0 Å². The van der Waals surface area contributed by atoms with Gasteiger partial charge in [0.15, 0.2) is 0 Å². The summed E-state index contributed by atoms with van der Waals surface area (Å²) in [5.74, 6) is -0.482. The number of aromatic nitrogens is 2. The average molecular weight is 791 g/mol. The molecule has 0 radical (unpaired) electrons. The van der Waals surface area contributed by atoms with Crippen LogP contribution in [0.4, 0.5) is 0 Å². The van der Waals surface area contributed by atoms with E-state index in [4.69, 9.17) is 28.4 Å². The topological polar surface area (TPSA) is 149 Å². The van der Waals surface area contributed by atoms with Gasteiger partial charge in [-0.25, -0.2) is 19.2 Å². The van der Waals surface area contributed by atoms with Gasteiger partial charge in [0, 0.05) is 23.3 Å². The predicted molar refractivity (Wildman–Crippen MR) is 217 cm³/mol. The Bertz CT molecular complexity index is 1800. The molecule has 1 fully saturated rings. The molecule has 1 aliphatic carbocycles. The van der Waals surface area contributed by atoms with Gasteiger partial charge in [-0.2, -0.15) is 0 Å². The zero-order valence-corrected chi connectivity index (χ0v) is 32.7. The molecule has 0 N–H and O–H groups in total. The minimum Gasteiger partial charge on any atom is -0.492 e. The molecule has 5 rings (SSSR count). The van der Waals surface area contributed by atoms with Gasteiger partial charge in [-0.05, 0) is 113 Å². The fourth-order valence-corrected chi connectivity index (χ4v) is 6.18. The molecule has 1 aliphatic rings. The van der Waals surface area contributed by atoms with Crippen LogP contribution in [-0.4, -0.2) is 72.5 Å². The molecule has 0 amide bonds. The van der Waals surface area contributed by atoms with Crippen LogP contribution >= 0.6 is 0 Å². The van der Waals surface area contributed by atoms with Crippen molar-refractivity contribution in [3.8, 4) is 34.0 Å². The number of ether oxygens (including phenoxy) is 6. The Labute approximate surface area is 339 Å². The number of carbonyl (C=O) groups is 4. The number of hydrogen-bond acceptors (Lipinski definition) is 12. The van der Waals surface area contributed by atoms with Gasteiger partial charge in [0.1, 0.15) is 23.7 Å². The Balaban J connectivity index is 1.04. The first-order chi connectivity index (χ1) is 28.3. The van der Waals surface area contributed by atoms with Gasteiger partial charge in [-0.1, -0.05) is 37.4 Å². The van der Waals surface area contributed by atoms with E-state index in [1.807, 2.05) is 48.5 Å². The van der Waals surface area contributed by atoms with E-state index in [1.165, 1.54) is 0 Å². The molecule has 0 saturated heterocycles. The lowest BCUT2D eigenvalue weighted by atomic mass is 9.94. The van der Waals surface area contributed by atoms with Crippen LogP contribution in [0.2, 0.25) is 0 Å². The Morgan fingerprint density at radius 2 is 0.931 bits per heavy atom. The van der Waals surface area contributed by atoms with Crippen LogP contribution in [0.5, 0.6) is 11.5 Å². The molecule has 304 valence electrons. The van der Waals surface area contributed by atoms with Crippen LogP contribution in [-0.2, 0) is 28.5 Å². The maximum Gasteiger partial charge on any atom is 0.338 e. The quantitative estimate of drug-likeness (QED) is 0.0324. The number of nitrogens with zero attached hydrogens (tertiary/aromatic N) is 2. The van der Waals surface area contributed by atoms with Crippen molar-refractivity contribution in [1.82, 2.24) is 9.97 Å². The van der Waals surface area contributed by atoms with Crippen LogP contribution in [0.1, 0.15) is 84.9 Å². The second-order valence-electron chi connectivity index (χ2n) is 13.6.